The molecule has 1 rings (SSSR count). The number of ether oxygens (including phenoxy) is 4. The van der Waals surface area contributed by atoms with E-state index in [4.69, 9.17) is 18.9 Å². The maximum absolute atomic E-state index is 11.9. The second kappa shape index (κ2) is 10.5. The minimum Gasteiger partial charge on any atom is -0.497 e. The molecule has 24 heavy (non-hydrogen) atoms. The number of rotatable bonds is 10. The molecule has 7 nitrogen and oxygen atoms in total. The molecule has 1 aromatic rings. The van der Waals surface area contributed by atoms with Crippen molar-refractivity contribution < 1.29 is 28.5 Å². The highest BCUT2D eigenvalue weighted by molar-refractivity contribution is 5.83. The van der Waals surface area contributed by atoms with Gasteiger partial charge in [-0.3, -0.25) is 9.59 Å². The molecule has 0 radical (unpaired) electrons. The van der Waals surface area contributed by atoms with Gasteiger partial charge in [0, 0.05) is 26.1 Å². The number of carbonyl (C=O) groups excluding carboxylic acids is 2. The normalized spacial score (nSPS) is 11.5. The van der Waals surface area contributed by atoms with Crippen LogP contribution in [0.5, 0.6) is 11.5 Å². The van der Waals surface area contributed by atoms with Crippen molar-refractivity contribution in [2.24, 2.45) is 0 Å². The molecule has 0 spiro atoms. The molecule has 0 bridgehead atoms. The Labute approximate surface area is 142 Å². The molecule has 1 N–H and O–H groups in total. The zero-order valence-electron chi connectivity index (χ0n) is 14.6. The lowest BCUT2D eigenvalue weighted by atomic mass is 10.1. The minimum atomic E-state index is -0.839. The summed E-state index contributed by atoms with van der Waals surface area (Å²) in [7, 11) is 4.68. The van der Waals surface area contributed by atoms with Crippen LogP contribution in [0.25, 0.3) is 0 Å². The topological polar surface area (TPSA) is 83.1 Å². The first-order chi connectivity index (χ1) is 11.5. The summed E-state index contributed by atoms with van der Waals surface area (Å²) in [5.74, 6) is 0.529. The van der Waals surface area contributed by atoms with Crippen LogP contribution in [0.3, 0.4) is 0 Å². The number of amides is 1. The first-order valence-corrected chi connectivity index (χ1v) is 7.68. The van der Waals surface area contributed by atoms with Crippen LogP contribution in [-0.2, 0) is 25.5 Å². The third-order valence-electron chi connectivity index (χ3n) is 3.31. The predicted octanol–water partition coefficient (Wildman–Crippen LogP) is 1.33. The van der Waals surface area contributed by atoms with Crippen LogP contribution in [0.2, 0.25) is 0 Å². The molecular weight excluding hydrogens is 314 g/mol. The van der Waals surface area contributed by atoms with Crippen LogP contribution in [0.4, 0.5) is 0 Å². The van der Waals surface area contributed by atoms with Crippen molar-refractivity contribution in [1.82, 2.24) is 5.32 Å². The van der Waals surface area contributed by atoms with Gasteiger partial charge in [-0.1, -0.05) is 0 Å². The molecule has 0 aliphatic heterocycles. The highest BCUT2D eigenvalue weighted by Gasteiger charge is 2.17. The Morgan fingerprint density at radius 1 is 1.08 bits per heavy atom. The standard InChI is InChI=1S/C17H25NO6/c1-12(17(20)18-7-8-21-2)24-16(19)6-5-13-9-14(22-3)11-15(10-13)23-4/h9-12H,5-8H2,1-4H3,(H,18,20)/t12-/m0/s1. The minimum absolute atomic E-state index is 0.159. The van der Waals surface area contributed by atoms with Gasteiger partial charge in [-0.2, -0.15) is 0 Å². The van der Waals surface area contributed by atoms with E-state index in [1.165, 1.54) is 6.92 Å². The number of hydrogen-bond acceptors (Lipinski definition) is 6. The van der Waals surface area contributed by atoms with Gasteiger partial charge in [0.1, 0.15) is 11.5 Å². The SMILES string of the molecule is COCCNC(=O)[C@H](C)OC(=O)CCc1cc(OC)cc(OC)c1. The maximum Gasteiger partial charge on any atom is 0.306 e. The zero-order valence-corrected chi connectivity index (χ0v) is 14.6. The lowest BCUT2D eigenvalue weighted by Crippen LogP contribution is -2.37. The summed E-state index contributed by atoms with van der Waals surface area (Å²) < 4.78 is 20.3. The van der Waals surface area contributed by atoms with Crippen LogP contribution in [-0.4, -0.2) is 52.5 Å². The third-order valence-corrected chi connectivity index (χ3v) is 3.31. The van der Waals surface area contributed by atoms with Crippen LogP contribution in [0.1, 0.15) is 18.9 Å². The number of benzene rings is 1. The van der Waals surface area contributed by atoms with Gasteiger partial charge in [0.2, 0.25) is 0 Å². The molecule has 7 heteroatoms. The largest absolute Gasteiger partial charge is 0.497 e. The van der Waals surface area contributed by atoms with Gasteiger partial charge in [0.25, 0.3) is 5.91 Å². The van der Waals surface area contributed by atoms with Gasteiger partial charge in [-0.05, 0) is 31.0 Å². The van der Waals surface area contributed by atoms with Crippen LogP contribution < -0.4 is 14.8 Å². The van der Waals surface area contributed by atoms with E-state index in [9.17, 15) is 9.59 Å². The highest BCUT2D eigenvalue weighted by atomic mass is 16.5. The monoisotopic (exact) mass is 339 g/mol. The Balaban J connectivity index is 2.47. The summed E-state index contributed by atoms with van der Waals surface area (Å²) in [5.41, 5.74) is 0.889. The summed E-state index contributed by atoms with van der Waals surface area (Å²) in [6, 6.07) is 5.42. The summed E-state index contributed by atoms with van der Waals surface area (Å²) in [4.78, 5) is 23.6. The van der Waals surface area contributed by atoms with E-state index in [0.717, 1.165) is 5.56 Å². The van der Waals surface area contributed by atoms with Crippen molar-refractivity contribution in [2.45, 2.75) is 25.9 Å². The van der Waals surface area contributed by atoms with Crippen LogP contribution >= 0.6 is 0 Å². The second-order valence-electron chi connectivity index (χ2n) is 5.14. The second-order valence-corrected chi connectivity index (χ2v) is 5.14. The van der Waals surface area contributed by atoms with E-state index in [1.807, 2.05) is 12.1 Å². The highest BCUT2D eigenvalue weighted by Crippen LogP contribution is 2.23. The van der Waals surface area contributed by atoms with E-state index < -0.39 is 12.1 Å². The quantitative estimate of drug-likeness (QED) is 0.511. The number of esters is 1. The molecule has 0 aromatic heterocycles. The lowest BCUT2D eigenvalue weighted by molar-refractivity contribution is -0.154. The van der Waals surface area contributed by atoms with E-state index in [2.05, 4.69) is 5.32 Å². The fraction of sp³-hybridized carbons (Fsp3) is 0.529. The van der Waals surface area contributed by atoms with Crippen molar-refractivity contribution in [3.63, 3.8) is 0 Å². The van der Waals surface area contributed by atoms with Gasteiger partial charge in [-0.15, -0.1) is 0 Å². The molecule has 0 aliphatic rings. The van der Waals surface area contributed by atoms with E-state index >= 15 is 0 Å². The fourth-order valence-electron chi connectivity index (χ4n) is 1.99. The van der Waals surface area contributed by atoms with Gasteiger partial charge in [0.05, 0.1) is 20.8 Å². The molecule has 134 valence electrons. The summed E-state index contributed by atoms with van der Waals surface area (Å²) in [6.45, 7) is 2.32. The summed E-state index contributed by atoms with van der Waals surface area (Å²) >= 11 is 0. The molecule has 0 unspecified atom stereocenters. The molecule has 0 saturated heterocycles. The van der Waals surface area contributed by atoms with Crippen LogP contribution in [0.15, 0.2) is 18.2 Å². The Morgan fingerprint density at radius 3 is 2.25 bits per heavy atom. The molecule has 0 fully saturated rings. The summed E-state index contributed by atoms with van der Waals surface area (Å²) in [5, 5.41) is 2.62. The Kier molecular flexibility index (Phi) is 8.64. The average molecular weight is 339 g/mol. The molecule has 0 saturated carbocycles. The maximum atomic E-state index is 11.9. The molecule has 1 atom stereocenters. The summed E-state index contributed by atoms with van der Waals surface area (Å²) in [6.07, 6.45) is -0.217. The van der Waals surface area contributed by atoms with Gasteiger partial charge in [0.15, 0.2) is 6.10 Å². The number of carbonyl (C=O) groups is 2. The van der Waals surface area contributed by atoms with Gasteiger partial charge < -0.3 is 24.3 Å². The average Bonchev–Trinajstić information content (AvgIpc) is 2.59. The molecule has 1 aromatic carbocycles. The molecule has 0 heterocycles. The number of aryl methyl sites for hydroxylation is 1. The predicted molar refractivity (Wildman–Crippen MR) is 88.3 cm³/mol. The first kappa shape index (κ1) is 19.8. The number of methoxy groups -OCH3 is 3. The lowest BCUT2D eigenvalue weighted by Gasteiger charge is -2.13. The van der Waals surface area contributed by atoms with Crippen LogP contribution in [0, 0.1) is 0 Å². The number of hydrogen-bond donors (Lipinski definition) is 1. The third kappa shape index (κ3) is 6.87. The Bertz CT molecular complexity index is 524. The molecule has 1 amide bonds. The van der Waals surface area contributed by atoms with Gasteiger partial charge in [-0.25, -0.2) is 0 Å². The van der Waals surface area contributed by atoms with E-state index in [-0.39, 0.29) is 12.3 Å². The van der Waals surface area contributed by atoms with Gasteiger partial charge >= 0.3 is 5.97 Å². The van der Waals surface area contributed by atoms with Crippen molar-refractivity contribution in [3.05, 3.63) is 23.8 Å². The Hall–Kier alpha value is -2.28. The van der Waals surface area contributed by atoms with Crippen molar-refractivity contribution >= 4 is 11.9 Å². The zero-order chi connectivity index (χ0) is 17.9. The molecule has 0 aliphatic carbocycles. The van der Waals surface area contributed by atoms with E-state index in [1.54, 1.807) is 27.4 Å². The van der Waals surface area contributed by atoms with E-state index in [0.29, 0.717) is 31.1 Å². The van der Waals surface area contributed by atoms with Crippen molar-refractivity contribution in [3.8, 4) is 11.5 Å². The number of nitrogens with one attached hydrogen (secondary N) is 1. The fourth-order valence-corrected chi connectivity index (χ4v) is 1.99. The Morgan fingerprint density at radius 2 is 1.71 bits per heavy atom. The first-order valence-electron chi connectivity index (χ1n) is 7.68. The van der Waals surface area contributed by atoms with Crippen molar-refractivity contribution in [1.29, 1.82) is 0 Å². The molecular formula is C17H25NO6. The van der Waals surface area contributed by atoms with Crippen molar-refractivity contribution in [2.75, 3.05) is 34.5 Å². The smallest absolute Gasteiger partial charge is 0.306 e.